The summed E-state index contributed by atoms with van der Waals surface area (Å²) in [6.45, 7) is 1.59. The van der Waals surface area contributed by atoms with Crippen LogP contribution in [-0.2, 0) is 11.2 Å². The number of rotatable bonds is 4. The Bertz CT molecular complexity index is 363. The third kappa shape index (κ3) is 2.94. The van der Waals surface area contributed by atoms with Crippen molar-refractivity contribution in [3.8, 4) is 5.75 Å². The average molecular weight is 212 g/mol. The summed E-state index contributed by atoms with van der Waals surface area (Å²) in [5, 5.41) is 8.69. The van der Waals surface area contributed by atoms with Crippen molar-refractivity contribution in [3.63, 3.8) is 0 Å². The topological polar surface area (TPSA) is 46.5 Å². The van der Waals surface area contributed by atoms with Crippen LogP contribution in [0, 0.1) is 11.7 Å². The maximum Gasteiger partial charge on any atom is 0.306 e. The lowest BCUT2D eigenvalue weighted by molar-refractivity contribution is -0.141. The Morgan fingerprint density at radius 1 is 1.60 bits per heavy atom. The quantitative estimate of drug-likeness (QED) is 0.831. The molecule has 0 spiro atoms. The standard InChI is InChI=1S/C11H13FO3/c1-7(11(13)14)5-8-3-4-10(15-2)9(12)6-8/h3-4,6-7H,5H2,1-2H3,(H,13,14)/t7-/m0/s1. The Morgan fingerprint density at radius 2 is 2.27 bits per heavy atom. The minimum absolute atomic E-state index is 0.168. The number of carbonyl (C=O) groups is 1. The Hall–Kier alpha value is -1.58. The minimum atomic E-state index is -0.883. The van der Waals surface area contributed by atoms with Crippen LogP contribution < -0.4 is 4.74 Å². The molecule has 0 aliphatic rings. The highest BCUT2D eigenvalue weighted by Gasteiger charge is 2.12. The number of benzene rings is 1. The molecule has 0 aromatic heterocycles. The second-order valence-corrected chi connectivity index (χ2v) is 3.41. The van der Waals surface area contributed by atoms with Crippen molar-refractivity contribution in [2.45, 2.75) is 13.3 Å². The molecule has 1 N–H and O–H groups in total. The van der Waals surface area contributed by atoms with E-state index in [1.165, 1.54) is 19.2 Å². The van der Waals surface area contributed by atoms with Gasteiger partial charge in [0.25, 0.3) is 0 Å². The van der Waals surface area contributed by atoms with E-state index >= 15 is 0 Å². The van der Waals surface area contributed by atoms with Gasteiger partial charge in [-0.2, -0.15) is 0 Å². The highest BCUT2D eigenvalue weighted by Crippen LogP contribution is 2.19. The first-order valence-electron chi connectivity index (χ1n) is 4.59. The van der Waals surface area contributed by atoms with E-state index in [0.717, 1.165) is 0 Å². The molecule has 0 fully saturated rings. The molecule has 0 aliphatic heterocycles. The lowest BCUT2D eigenvalue weighted by Crippen LogP contribution is -2.12. The van der Waals surface area contributed by atoms with Crippen molar-refractivity contribution in [1.82, 2.24) is 0 Å². The van der Waals surface area contributed by atoms with E-state index in [2.05, 4.69) is 0 Å². The molecular formula is C11H13FO3. The van der Waals surface area contributed by atoms with Crippen molar-refractivity contribution in [3.05, 3.63) is 29.6 Å². The van der Waals surface area contributed by atoms with Gasteiger partial charge in [-0.05, 0) is 24.1 Å². The van der Waals surface area contributed by atoms with Gasteiger partial charge in [0.05, 0.1) is 13.0 Å². The number of hydrogen-bond donors (Lipinski definition) is 1. The number of methoxy groups -OCH3 is 1. The lowest BCUT2D eigenvalue weighted by atomic mass is 10.0. The van der Waals surface area contributed by atoms with Crippen LogP contribution in [0.15, 0.2) is 18.2 Å². The molecule has 0 radical (unpaired) electrons. The first kappa shape index (κ1) is 11.5. The summed E-state index contributed by atoms with van der Waals surface area (Å²) in [6.07, 6.45) is 0.316. The molecule has 4 heteroatoms. The molecule has 0 unspecified atom stereocenters. The fourth-order valence-electron chi connectivity index (χ4n) is 1.28. The molecule has 0 bridgehead atoms. The summed E-state index contributed by atoms with van der Waals surface area (Å²) >= 11 is 0. The van der Waals surface area contributed by atoms with Gasteiger partial charge >= 0.3 is 5.97 Å². The van der Waals surface area contributed by atoms with Gasteiger partial charge in [-0.3, -0.25) is 4.79 Å². The fraction of sp³-hybridized carbons (Fsp3) is 0.364. The van der Waals surface area contributed by atoms with Gasteiger partial charge in [-0.1, -0.05) is 13.0 Å². The molecule has 0 saturated carbocycles. The molecule has 1 rings (SSSR count). The number of carboxylic acids is 1. The number of aliphatic carboxylic acids is 1. The number of carboxylic acid groups (broad SMARTS) is 1. The van der Waals surface area contributed by atoms with Crippen LogP contribution in [-0.4, -0.2) is 18.2 Å². The minimum Gasteiger partial charge on any atom is -0.494 e. The number of ether oxygens (including phenoxy) is 1. The second kappa shape index (κ2) is 4.77. The molecule has 15 heavy (non-hydrogen) atoms. The largest absolute Gasteiger partial charge is 0.494 e. The van der Waals surface area contributed by atoms with Crippen LogP contribution in [0.1, 0.15) is 12.5 Å². The summed E-state index contributed by atoms with van der Waals surface area (Å²) in [6, 6.07) is 4.47. The van der Waals surface area contributed by atoms with E-state index in [9.17, 15) is 9.18 Å². The van der Waals surface area contributed by atoms with Crippen molar-refractivity contribution in [2.75, 3.05) is 7.11 Å². The third-order valence-electron chi connectivity index (χ3n) is 2.18. The molecule has 1 aromatic rings. The zero-order valence-electron chi connectivity index (χ0n) is 8.66. The van der Waals surface area contributed by atoms with E-state index in [-0.39, 0.29) is 5.75 Å². The smallest absolute Gasteiger partial charge is 0.306 e. The second-order valence-electron chi connectivity index (χ2n) is 3.41. The molecular weight excluding hydrogens is 199 g/mol. The van der Waals surface area contributed by atoms with Crippen molar-refractivity contribution < 1.29 is 19.0 Å². The van der Waals surface area contributed by atoms with Crippen LogP contribution in [0.3, 0.4) is 0 Å². The van der Waals surface area contributed by atoms with Gasteiger partial charge in [0.2, 0.25) is 0 Å². The van der Waals surface area contributed by atoms with Crippen molar-refractivity contribution >= 4 is 5.97 Å². The van der Waals surface area contributed by atoms with Gasteiger partial charge in [0.1, 0.15) is 0 Å². The van der Waals surface area contributed by atoms with Gasteiger partial charge in [0.15, 0.2) is 11.6 Å². The summed E-state index contributed by atoms with van der Waals surface area (Å²) in [5.41, 5.74) is 0.656. The van der Waals surface area contributed by atoms with Gasteiger partial charge < -0.3 is 9.84 Å². The predicted molar refractivity (Wildman–Crippen MR) is 53.5 cm³/mol. The van der Waals surface area contributed by atoms with Crippen molar-refractivity contribution in [1.29, 1.82) is 0 Å². The van der Waals surface area contributed by atoms with Gasteiger partial charge in [-0.15, -0.1) is 0 Å². The van der Waals surface area contributed by atoms with E-state index in [1.807, 2.05) is 0 Å². The molecule has 0 amide bonds. The summed E-state index contributed by atoms with van der Waals surface area (Å²) < 4.78 is 18.0. The van der Waals surface area contributed by atoms with Crippen LogP contribution in [0.25, 0.3) is 0 Å². The van der Waals surface area contributed by atoms with Crippen LogP contribution in [0.5, 0.6) is 5.75 Å². The van der Waals surface area contributed by atoms with E-state index in [0.29, 0.717) is 12.0 Å². The molecule has 82 valence electrons. The molecule has 1 aromatic carbocycles. The molecule has 0 aliphatic carbocycles. The third-order valence-corrected chi connectivity index (χ3v) is 2.18. The normalized spacial score (nSPS) is 12.2. The van der Waals surface area contributed by atoms with E-state index in [1.54, 1.807) is 13.0 Å². The first-order chi connectivity index (χ1) is 7.04. The first-order valence-corrected chi connectivity index (χ1v) is 4.59. The zero-order chi connectivity index (χ0) is 11.4. The van der Waals surface area contributed by atoms with Crippen LogP contribution >= 0.6 is 0 Å². The number of hydrogen-bond acceptors (Lipinski definition) is 2. The monoisotopic (exact) mass is 212 g/mol. The Morgan fingerprint density at radius 3 is 2.73 bits per heavy atom. The maximum absolute atomic E-state index is 13.2. The van der Waals surface area contributed by atoms with Crippen LogP contribution in [0.4, 0.5) is 4.39 Å². The fourth-order valence-corrected chi connectivity index (χ4v) is 1.28. The molecule has 0 heterocycles. The molecule has 0 saturated heterocycles. The van der Waals surface area contributed by atoms with Gasteiger partial charge in [-0.25, -0.2) is 4.39 Å². The Kier molecular flexibility index (Phi) is 3.66. The average Bonchev–Trinajstić information content (AvgIpc) is 2.18. The Balaban J connectivity index is 2.79. The maximum atomic E-state index is 13.2. The number of halogens is 1. The highest BCUT2D eigenvalue weighted by molar-refractivity contribution is 5.69. The zero-order valence-corrected chi connectivity index (χ0v) is 8.66. The summed E-state index contributed by atoms with van der Waals surface area (Å²) in [4.78, 5) is 10.6. The van der Waals surface area contributed by atoms with Crippen molar-refractivity contribution in [2.24, 2.45) is 5.92 Å². The van der Waals surface area contributed by atoms with Crippen LogP contribution in [0.2, 0.25) is 0 Å². The summed E-state index contributed by atoms with van der Waals surface area (Å²) in [7, 11) is 1.39. The molecule has 3 nitrogen and oxygen atoms in total. The van der Waals surface area contributed by atoms with Gasteiger partial charge in [0, 0.05) is 0 Å². The predicted octanol–water partition coefficient (Wildman–Crippen LogP) is 2.10. The molecule has 1 atom stereocenters. The highest BCUT2D eigenvalue weighted by atomic mass is 19.1. The van der Waals surface area contributed by atoms with E-state index < -0.39 is 17.7 Å². The van der Waals surface area contributed by atoms with E-state index in [4.69, 9.17) is 9.84 Å². The summed E-state index contributed by atoms with van der Waals surface area (Å²) in [5.74, 6) is -1.70. The SMILES string of the molecule is COc1ccc(C[C@H](C)C(=O)O)cc1F. The lowest BCUT2D eigenvalue weighted by Gasteiger charge is -2.07. The Labute approximate surface area is 87.5 Å².